The van der Waals surface area contributed by atoms with E-state index in [1.54, 1.807) is 7.05 Å². The summed E-state index contributed by atoms with van der Waals surface area (Å²) in [5.74, 6) is 0.875. The van der Waals surface area contributed by atoms with Crippen LogP contribution in [0.1, 0.15) is 4.88 Å². The predicted octanol–water partition coefficient (Wildman–Crippen LogP) is 2.72. The molecule has 0 unspecified atom stereocenters. The molecule has 2 N–H and O–H groups in total. The molecule has 7 heteroatoms. The Hall–Kier alpha value is -1.50. The Bertz CT molecular complexity index is 526. The van der Waals surface area contributed by atoms with E-state index in [0.29, 0.717) is 11.8 Å². The van der Waals surface area contributed by atoms with Crippen molar-refractivity contribution in [2.24, 2.45) is 0 Å². The highest BCUT2D eigenvalue weighted by Crippen LogP contribution is 2.29. The summed E-state index contributed by atoms with van der Waals surface area (Å²) in [6, 6.07) is 1.90. The molecule has 0 aliphatic carbocycles. The maximum Gasteiger partial charge on any atom is 0.255 e. The Kier molecular flexibility index (Phi) is 3.37. The van der Waals surface area contributed by atoms with Crippen molar-refractivity contribution in [3.8, 4) is 0 Å². The lowest BCUT2D eigenvalue weighted by Crippen LogP contribution is -2.12. The Labute approximate surface area is 101 Å². The first-order chi connectivity index (χ1) is 8.10. The summed E-state index contributed by atoms with van der Waals surface area (Å²) in [5.41, 5.74) is 0. The van der Waals surface area contributed by atoms with Gasteiger partial charge in [0.05, 0.1) is 11.9 Å². The van der Waals surface area contributed by atoms with Crippen molar-refractivity contribution in [1.29, 1.82) is 0 Å². The first-order valence-electron chi connectivity index (χ1n) is 5.08. The minimum Gasteiger partial charge on any atom is -0.364 e. The fourth-order valence-corrected chi connectivity index (χ4v) is 2.34. The third-order valence-electron chi connectivity index (χ3n) is 2.16. The molecule has 0 amide bonds. The molecular weight excluding hydrogens is 246 g/mol. The lowest BCUT2D eigenvalue weighted by molar-refractivity contribution is 0.163. The van der Waals surface area contributed by atoms with E-state index in [-0.39, 0.29) is 0 Å². The van der Waals surface area contributed by atoms with E-state index in [9.17, 15) is 8.78 Å². The molecule has 0 aromatic carbocycles. The highest BCUT2D eigenvalue weighted by atomic mass is 32.1. The largest absolute Gasteiger partial charge is 0.364 e. The molecule has 2 heterocycles. The zero-order valence-electron chi connectivity index (χ0n) is 9.42. The van der Waals surface area contributed by atoms with Crippen LogP contribution in [0.2, 0.25) is 0 Å². The third kappa shape index (κ3) is 2.60. The molecule has 4 nitrogen and oxygen atoms in total. The minimum absolute atomic E-state index is 0.413. The highest BCUT2D eigenvalue weighted by Gasteiger charge is 2.11. The maximum atomic E-state index is 12.2. The number of fused-ring (bicyclic) bond motifs is 1. The molecule has 0 atom stereocenters. The Balaban J connectivity index is 2.43. The highest BCUT2D eigenvalue weighted by molar-refractivity contribution is 7.18. The minimum atomic E-state index is -2.40. The van der Waals surface area contributed by atoms with Crippen LogP contribution in [0.4, 0.5) is 20.5 Å². The van der Waals surface area contributed by atoms with E-state index in [4.69, 9.17) is 0 Å². The van der Waals surface area contributed by atoms with Gasteiger partial charge in [-0.3, -0.25) is 0 Å². The van der Waals surface area contributed by atoms with Crippen molar-refractivity contribution < 1.29 is 8.78 Å². The lowest BCUT2D eigenvalue weighted by atomic mass is 10.3. The number of aryl methyl sites for hydroxylation is 1. The van der Waals surface area contributed by atoms with Crippen molar-refractivity contribution in [3.05, 3.63) is 10.9 Å². The summed E-state index contributed by atoms with van der Waals surface area (Å²) in [6.45, 7) is 1.53. The molecule has 0 bridgehead atoms. The quantitative estimate of drug-likeness (QED) is 0.885. The summed E-state index contributed by atoms with van der Waals surface area (Å²) < 4.78 is 24.4. The molecule has 0 aliphatic rings. The SMILES string of the molecule is CNc1nc(NCC(F)F)c2cc(C)sc2n1. The number of nitrogens with zero attached hydrogens (tertiary/aromatic N) is 2. The van der Waals surface area contributed by atoms with Gasteiger partial charge in [-0.1, -0.05) is 0 Å². The Morgan fingerprint density at radius 2 is 2.18 bits per heavy atom. The second-order valence-corrected chi connectivity index (χ2v) is 4.73. The molecular formula is C10H12F2N4S. The van der Waals surface area contributed by atoms with E-state index in [2.05, 4.69) is 20.6 Å². The van der Waals surface area contributed by atoms with Crippen LogP contribution in [-0.2, 0) is 0 Å². The van der Waals surface area contributed by atoms with Crippen molar-refractivity contribution >= 4 is 33.3 Å². The van der Waals surface area contributed by atoms with Gasteiger partial charge >= 0.3 is 0 Å². The van der Waals surface area contributed by atoms with Crippen LogP contribution >= 0.6 is 11.3 Å². The summed E-state index contributed by atoms with van der Waals surface area (Å²) in [6.07, 6.45) is -2.40. The first-order valence-corrected chi connectivity index (χ1v) is 5.89. The number of hydrogen-bond acceptors (Lipinski definition) is 5. The molecule has 17 heavy (non-hydrogen) atoms. The van der Waals surface area contributed by atoms with Gasteiger partial charge in [0.2, 0.25) is 5.95 Å². The van der Waals surface area contributed by atoms with E-state index in [1.807, 2.05) is 13.0 Å². The van der Waals surface area contributed by atoms with Crippen LogP contribution in [-0.4, -0.2) is 30.0 Å². The molecule has 0 fully saturated rings. The van der Waals surface area contributed by atoms with Gasteiger partial charge in [-0.2, -0.15) is 4.98 Å². The smallest absolute Gasteiger partial charge is 0.255 e. The summed E-state index contributed by atoms with van der Waals surface area (Å²) in [4.78, 5) is 10.3. The molecule has 2 rings (SSSR count). The van der Waals surface area contributed by atoms with Gasteiger partial charge in [0.15, 0.2) is 0 Å². The van der Waals surface area contributed by atoms with Crippen LogP contribution in [0.3, 0.4) is 0 Å². The number of nitrogens with one attached hydrogen (secondary N) is 2. The van der Waals surface area contributed by atoms with Gasteiger partial charge in [0.1, 0.15) is 10.6 Å². The maximum absolute atomic E-state index is 12.2. The standard InChI is InChI=1S/C10H12F2N4S/c1-5-3-6-8(14-4-7(11)12)15-10(13-2)16-9(6)17-5/h3,7H,4H2,1-2H3,(H2,13,14,15,16). The molecule has 0 spiro atoms. The zero-order valence-corrected chi connectivity index (χ0v) is 10.2. The van der Waals surface area contributed by atoms with E-state index in [1.165, 1.54) is 11.3 Å². The second kappa shape index (κ2) is 4.79. The lowest BCUT2D eigenvalue weighted by Gasteiger charge is -2.07. The number of aromatic nitrogens is 2. The van der Waals surface area contributed by atoms with Crippen LogP contribution in [0.5, 0.6) is 0 Å². The van der Waals surface area contributed by atoms with Gasteiger partial charge in [-0.05, 0) is 13.0 Å². The van der Waals surface area contributed by atoms with Gasteiger partial charge in [0.25, 0.3) is 6.43 Å². The van der Waals surface area contributed by atoms with Crippen LogP contribution in [0.15, 0.2) is 6.07 Å². The summed E-state index contributed by atoms with van der Waals surface area (Å²) in [7, 11) is 1.69. The van der Waals surface area contributed by atoms with Crippen molar-refractivity contribution in [2.45, 2.75) is 13.3 Å². The first kappa shape index (κ1) is 12.0. The molecule has 2 aromatic heterocycles. The van der Waals surface area contributed by atoms with E-state index in [0.717, 1.165) is 15.1 Å². The van der Waals surface area contributed by atoms with Gasteiger partial charge in [-0.25, -0.2) is 13.8 Å². The normalized spacial score (nSPS) is 11.1. The van der Waals surface area contributed by atoms with Crippen molar-refractivity contribution in [2.75, 3.05) is 24.2 Å². The van der Waals surface area contributed by atoms with E-state index >= 15 is 0 Å². The second-order valence-electron chi connectivity index (χ2n) is 3.49. The van der Waals surface area contributed by atoms with Gasteiger partial charge in [-0.15, -0.1) is 11.3 Å². The zero-order chi connectivity index (χ0) is 12.4. The van der Waals surface area contributed by atoms with Gasteiger partial charge < -0.3 is 10.6 Å². The Morgan fingerprint density at radius 3 is 2.82 bits per heavy atom. The van der Waals surface area contributed by atoms with Gasteiger partial charge in [0, 0.05) is 11.9 Å². The molecule has 92 valence electrons. The number of halogens is 2. The molecule has 2 aromatic rings. The summed E-state index contributed by atoms with van der Waals surface area (Å²) in [5, 5.41) is 6.24. The van der Waals surface area contributed by atoms with Crippen LogP contribution in [0.25, 0.3) is 10.2 Å². The molecule has 0 saturated carbocycles. The third-order valence-corrected chi connectivity index (χ3v) is 3.11. The van der Waals surface area contributed by atoms with Crippen LogP contribution in [0, 0.1) is 6.92 Å². The van der Waals surface area contributed by atoms with Crippen molar-refractivity contribution in [3.63, 3.8) is 0 Å². The fourth-order valence-electron chi connectivity index (χ4n) is 1.46. The molecule has 0 aliphatic heterocycles. The van der Waals surface area contributed by atoms with E-state index < -0.39 is 13.0 Å². The monoisotopic (exact) mass is 258 g/mol. The fraction of sp³-hybridized carbons (Fsp3) is 0.400. The topological polar surface area (TPSA) is 49.8 Å². The number of alkyl halides is 2. The average Bonchev–Trinajstić information content (AvgIpc) is 2.65. The number of hydrogen-bond donors (Lipinski definition) is 2. The summed E-state index contributed by atoms with van der Waals surface area (Å²) >= 11 is 1.51. The average molecular weight is 258 g/mol. The Morgan fingerprint density at radius 1 is 1.41 bits per heavy atom. The molecule has 0 radical (unpaired) electrons. The predicted molar refractivity (Wildman–Crippen MR) is 66.2 cm³/mol. The number of anilines is 2. The number of rotatable bonds is 4. The van der Waals surface area contributed by atoms with Crippen molar-refractivity contribution in [1.82, 2.24) is 9.97 Å². The number of thiophene rings is 1. The molecule has 0 saturated heterocycles. The van der Waals surface area contributed by atoms with Crippen LogP contribution < -0.4 is 10.6 Å².